The molecule has 0 amide bonds. The lowest BCUT2D eigenvalue weighted by atomic mass is 9.94. The highest BCUT2D eigenvalue weighted by molar-refractivity contribution is 7.20. The molecule has 0 bridgehead atoms. The third-order valence-electron chi connectivity index (χ3n) is 4.12. The second-order valence-electron chi connectivity index (χ2n) is 5.44. The Labute approximate surface area is 146 Å². The molecule has 1 unspecified atom stereocenters. The molecule has 3 aromatic rings. The minimum absolute atomic E-state index is 0.0752. The highest BCUT2D eigenvalue weighted by Gasteiger charge is 2.28. The number of aromatic nitrogens is 3. The molecule has 118 valence electrons. The maximum Gasteiger partial charge on any atom is 0.275 e. The number of anilines is 1. The fraction of sp³-hybridized carbons (Fsp3) is 0.267. The highest BCUT2D eigenvalue weighted by Crippen LogP contribution is 2.39. The van der Waals surface area contributed by atoms with Crippen LogP contribution in [0, 0.1) is 0 Å². The maximum atomic E-state index is 11.9. The van der Waals surface area contributed by atoms with Crippen LogP contribution in [0.4, 0.5) is 5.13 Å². The van der Waals surface area contributed by atoms with E-state index in [1.165, 1.54) is 28.1 Å². The molecule has 0 saturated carbocycles. The number of fused-ring (bicyclic) bond motifs is 2. The molecule has 0 N–H and O–H groups in total. The van der Waals surface area contributed by atoms with Gasteiger partial charge in [0, 0.05) is 28.9 Å². The molecule has 5 nitrogen and oxygen atoms in total. The molecular formula is C15H12Cl2N4OS. The van der Waals surface area contributed by atoms with E-state index in [2.05, 4.69) is 21.9 Å². The van der Waals surface area contributed by atoms with Gasteiger partial charge in [0.1, 0.15) is 0 Å². The van der Waals surface area contributed by atoms with Crippen molar-refractivity contribution in [3.8, 4) is 0 Å². The maximum absolute atomic E-state index is 11.9. The largest absolute Gasteiger partial charge is 0.340 e. The van der Waals surface area contributed by atoms with Crippen molar-refractivity contribution in [3.63, 3.8) is 0 Å². The summed E-state index contributed by atoms with van der Waals surface area (Å²) in [6.45, 7) is 2.87. The first-order valence-electron chi connectivity index (χ1n) is 7.14. The van der Waals surface area contributed by atoms with Crippen LogP contribution < -0.4 is 10.5 Å². The minimum Gasteiger partial charge on any atom is -0.340 e. The number of rotatable bonds is 1. The lowest BCUT2D eigenvalue weighted by Gasteiger charge is -2.35. The standard InChI is InChI=1S/C15H12Cl2N4OS/c1-8-11-6-9(16)7-12(17)10(11)3-5-20(8)15-19-21-13(22)2-4-18-14(21)23-15/h2,4,6-8H,3,5H2,1H3. The Bertz CT molecular complexity index is 968. The molecule has 0 fully saturated rings. The van der Waals surface area contributed by atoms with Gasteiger partial charge in [0.15, 0.2) is 0 Å². The van der Waals surface area contributed by atoms with Gasteiger partial charge >= 0.3 is 0 Å². The third kappa shape index (κ3) is 2.41. The van der Waals surface area contributed by atoms with Gasteiger partial charge in [0.2, 0.25) is 10.1 Å². The first kappa shape index (κ1) is 14.9. The summed E-state index contributed by atoms with van der Waals surface area (Å²) in [5.41, 5.74) is 2.07. The van der Waals surface area contributed by atoms with Gasteiger partial charge in [-0.25, -0.2) is 4.98 Å². The van der Waals surface area contributed by atoms with Crippen LogP contribution in [0.25, 0.3) is 4.96 Å². The molecule has 1 aliphatic rings. The third-order valence-corrected chi connectivity index (χ3v) is 5.64. The molecule has 1 aliphatic heterocycles. The molecule has 1 aromatic carbocycles. The normalized spacial score (nSPS) is 17.5. The molecule has 1 atom stereocenters. The first-order chi connectivity index (χ1) is 11.0. The molecule has 0 spiro atoms. The molecule has 4 rings (SSSR count). The van der Waals surface area contributed by atoms with Crippen LogP contribution in [0.1, 0.15) is 24.1 Å². The van der Waals surface area contributed by atoms with E-state index in [0.29, 0.717) is 15.0 Å². The second kappa shape index (κ2) is 5.47. The van der Waals surface area contributed by atoms with Gasteiger partial charge in [-0.15, -0.1) is 5.10 Å². The van der Waals surface area contributed by atoms with Gasteiger partial charge in [-0.3, -0.25) is 4.79 Å². The van der Waals surface area contributed by atoms with Crippen molar-refractivity contribution in [2.45, 2.75) is 19.4 Å². The van der Waals surface area contributed by atoms with Crippen LogP contribution in [-0.4, -0.2) is 21.1 Å². The van der Waals surface area contributed by atoms with Crippen molar-refractivity contribution in [3.05, 3.63) is 55.9 Å². The lowest BCUT2D eigenvalue weighted by molar-refractivity contribution is 0.617. The van der Waals surface area contributed by atoms with E-state index >= 15 is 0 Å². The van der Waals surface area contributed by atoms with Crippen molar-refractivity contribution >= 4 is 44.6 Å². The Morgan fingerprint density at radius 2 is 2.17 bits per heavy atom. The summed E-state index contributed by atoms with van der Waals surface area (Å²) < 4.78 is 1.34. The van der Waals surface area contributed by atoms with Crippen molar-refractivity contribution in [2.75, 3.05) is 11.4 Å². The summed E-state index contributed by atoms with van der Waals surface area (Å²) in [6.07, 6.45) is 2.32. The van der Waals surface area contributed by atoms with Gasteiger partial charge in [-0.05, 0) is 36.6 Å². The average molecular weight is 367 g/mol. The van der Waals surface area contributed by atoms with Gasteiger partial charge in [-0.1, -0.05) is 34.5 Å². The summed E-state index contributed by atoms with van der Waals surface area (Å²) in [6, 6.07) is 5.22. The summed E-state index contributed by atoms with van der Waals surface area (Å²) >= 11 is 13.9. The summed E-state index contributed by atoms with van der Waals surface area (Å²) in [5, 5.41) is 6.54. The molecule has 3 heterocycles. The Morgan fingerprint density at radius 3 is 2.96 bits per heavy atom. The van der Waals surface area contributed by atoms with Crippen LogP contribution in [0.5, 0.6) is 0 Å². The monoisotopic (exact) mass is 366 g/mol. The summed E-state index contributed by atoms with van der Waals surface area (Å²) in [5.74, 6) is 0. The summed E-state index contributed by atoms with van der Waals surface area (Å²) in [4.78, 5) is 18.8. The van der Waals surface area contributed by atoms with Crippen LogP contribution in [-0.2, 0) is 6.42 Å². The minimum atomic E-state index is -0.173. The Morgan fingerprint density at radius 1 is 1.35 bits per heavy atom. The fourth-order valence-corrected chi connectivity index (χ4v) is 4.55. The second-order valence-corrected chi connectivity index (χ2v) is 7.21. The SMILES string of the molecule is CC1c2cc(Cl)cc(Cl)c2CCN1c1nn2c(=O)ccnc2s1. The molecule has 0 radical (unpaired) electrons. The van der Waals surface area contributed by atoms with Crippen molar-refractivity contribution < 1.29 is 0 Å². The van der Waals surface area contributed by atoms with E-state index in [1.807, 2.05) is 6.07 Å². The average Bonchev–Trinajstić information content (AvgIpc) is 2.93. The topological polar surface area (TPSA) is 50.5 Å². The molecule has 23 heavy (non-hydrogen) atoms. The molecule has 0 saturated heterocycles. The number of hydrogen-bond acceptors (Lipinski definition) is 5. The zero-order valence-electron chi connectivity index (χ0n) is 12.2. The van der Waals surface area contributed by atoms with E-state index in [1.54, 1.807) is 6.07 Å². The molecule has 8 heteroatoms. The van der Waals surface area contributed by atoms with Gasteiger partial charge < -0.3 is 4.90 Å². The zero-order chi connectivity index (χ0) is 16.1. The molecule has 0 aliphatic carbocycles. The lowest BCUT2D eigenvalue weighted by Crippen LogP contribution is -2.34. The predicted molar refractivity (Wildman–Crippen MR) is 93.1 cm³/mol. The van der Waals surface area contributed by atoms with Crippen molar-refractivity contribution in [1.82, 2.24) is 14.6 Å². The van der Waals surface area contributed by atoms with Crippen molar-refractivity contribution in [1.29, 1.82) is 0 Å². The number of hydrogen-bond donors (Lipinski definition) is 0. The number of benzene rings is 1. The number of nitrogens with zero attached hydrogens (tertiary/aromatic N) is 4. The van der Waals surface area contributed by atoms with Gasteiger partial charge in [0.05, 0.1) is 6.04 Å². The predicted octanol–water partition coefficient (Wildman–Crippen LogP) is 3.58. The van der Waals surface area contributed by atoms with Crippen LogP contribution >= 0.6 is 34.5 Å². The zero-order valence-corrected chi connectivity index (χ0v) is 14.5. The Kier molecular flexibility index (Phi) is 3.55. The van der Waals surface area contributed by atoms with E-state index < -0.39 is 0 Å². The quantitative estimate of drug-likeness (QED) is 0.660. The van der Waals surface area contributed by atoms with E-state index in [4.69, 9.17) is 23.2 Å². The van der Waals surface area contributed by atoms with E-state index in [-0.39, 0.29) is 11.6 Å². The summed E-state index contributed by atoms with van der Waals surface area (Å²) in [7, 11) is 0. The van der Waals surface area contributed by atoms with E-state index in [0.717, 1.165) is 29.2 Å². The molecule has 2 aromatic heterocycles. The van der Waals surface area contributed by atoms with E-state index in [9.17, 15) is 4.79 Å². The van der Waals surface area contributed by atoms with Gasteiger partial charge in [-0.2, -0.15) is 4.52 Å². The fourth-order valence-electron chi connectivity index (χ4n) is 2.96. The first-order valence-corrected chi connectivity index (χ1v) is 8.71. The van der Waals surface area contributed by atoms with Crippen molar-refractivity contribution in [2.24, 2.45) is 0 Å². The highest BCUT2D eigenvalue weighted by atomic mass is 35.5. The Hall–Kier alpha value is -1.63. The number of halogens is 2. The smallest absolute Gasteiger partial charge is 0.275 e. The van der Waals surface area contributed by atoms with Crippen LogP contribution in [0.2, 0.25) is 10.0 Å². The van der Waals surface area contributed by atoms with Gasteiger partial charge in [0.25, 0.3) is 5.56 Å². The Balaban J connectivity index is 1.80. The van der Waals surface area contributed by atoms with Crippen LogP contribution in [0.3, 0.4) is 0 Å². The van der Waals surface area contributed by atoms with Crippen LogP contribution in [0.15, 0.2) is 29.2 Å². The molecular weight excluding hydrogens is 355 g/mol.